The summed E-state index contributed by atoms with van der Waals surface area (Å²) in [4.78, 5) is 24.1. The number of nitrogens with zero attached hydrogens (tertiary/aromatic N) is 4. The van der Waals surface area contributed by atoms with Gasteiger partial charge in [-0.15, -0.1) is 12.4 Å². The quantitative estimate of drug-likeness (QED) is 0.757. The molecule has 1 amide bonds. The average Bonchev–Trinajstić information content (AvgIpc) is 3.02. The van der Waals surface area contributed by atoms with Crippen LogP contribution in [0.4, 0.5) is 17.2 Å². The number of hydrogen-bond donors (Lipinski definition) is 0. The first kappa shape index (κ1) is 20.6. The van der Waals surface area contributed by atoms with E-state index >= 15 is 0 Å². The number of para-hydroxylation sites is 2. The maximum absolute atomic E-state index is 13.0. The van der Waals surface area contributed by atoms with E-state index in [9.17, 15) is 4.79 Å². The first-order chi connectivity index (χ1) is 13.3. The second-order valence-corrected chi connectivity index (χ2v) is 7.49. The van der Waals surface area contributed by atoms with Gasteiger partial charge in [0.05, 0.1) is 16.9 Å². The molecule has 0 radical (unpaired) electrons. The van der Waals surface area contributed by atoms with Gasteiger partial charge in [0.2, 0.25) is 0 Å². The molecule has 150 valence electrons. The third-order valence-electron chi connectivity index (χ3n) is 5.67. The molecule has 2 aromatic rings. The van der Waals surface area contributed by atoms with Crippen LogP contribution in [0.25, 0.3) is 0 Å². The molecule has 0 spiro atoms. The van der Waals surface area contributed by atoms with Crippen molar-refractivity contribution >= 4 is 35.5 Å². The van der Waals surface area contributed by atoms with Crippen LogP contribution < -0.4 is 9.80 Å². The summed E-state index contributed by atoms with van der Waals surface area (Å²) < 4.78 is 0. The highest BCUT2D eigenvalue weighted by Crippen LogP contribution is 2.38. The Hall–Kier alpha value is -2.11. The number of likely N-dealkylation sites (tertiary alicyclic amines) is 1. The van der Waals surface area contributed by atoms with Crippen LogP contribution >= 0.6 is 12.4 Å². The molecule has 2 aliphatic rings. The monoisotopic (exact) mass is 400 g/mol. The maximum atomic E-state index is 13.0. The number of carbonyl (C=O) groups is 1. The molecule has 0 atom stereocenters. The number of amides is 1. The summed E-state index contributed by atoms with van der Waals surface area (Å²) in [5.74, 6) is 0.774. The fraction of sp³-hybridized carbons (Fsp3) is 0.455. The summed E-state index contributed by atoms with van der Waals surface area (Å²) in [6.07, 6.45) is 8.19. The lowest BCUT2D eigenvalue weighted by Gasteiger charge is -2.27. The zero-order valence-corrected chi connectivity index (χ0v) is 17.3. The minimum Gasteiger partial charge on any atom is -0.324 e. The van der Waals surface area contributed by atoms with E-state index in [4.69, 9.17) is 0 Å². The third kappa shape index (κ3) is 4.15. The number of pyridine rings is 1. The second kappa shape index (κ2) is 9.39. The van der Waals surface area contributed by atoms with E-state index in [0.717, 1.165) is 36.7 Å². The van der Waals surface area contributed by atoms with E-state index in [-0.39, 0.29) is 18.3 Å². The van der Waals surface area contributed by atoms with Gasteiger partial charge in [0.1, 0.15) is 5.82 Å². The first-order valence-corrected chi connectivity index (χ1v) is 10.1. The van der Waals surface area contributed by atoms with Gasteiger partial charge in [0.25, 0.3) is 5.91 Å². The van der Waals surface area contributed by atoms with Gasteiger partial charge in [-0.25, -0.2) is 4.98 Å². The Morgan fingerprint density at radius 1 is 0.929 bits per heavy atom. The number of hydrogen-bond acceptors (Lipinski definition) is 4. The smallest absolute Gasteiger partial charge is 0.261 e. The van der Waals surface area contributed by atoms with Crippen LogP contribution in [0.5, 0.6) is 0 Å². The van der Waals surface area contributed by atoms with Crippen LogP contribution in [0, 0.1) is 0 Å². The van der Waals surface area contributed by atoms with Crippen LogP contribution in [-0.2, 0) is 0 Å². The maximum Gasteiger partial charge on any atom is 0.261 e. The molecule has 0 aliphatic carbocycles. The molecule has 0 saturated carbocycles. The van der Waals surface area contributed by atoms with Crippen LogP contribution in [0.15, 0.2) is 42.6 Å². The summed E-state index contributed by atoms with van der Waals surface area (Å²) in [7, 11) is 1.85. The molecule has 0 bridgehead atoms. The fourth-order valence-corrected chi connectivity index (χ4v) is 4.20. The molecule has 1 aromatic carbocycles. The van der Waals surface area contributed by atoms with Crippen molar-refractivity contribution in [3.8, 4) is 0 Å². The Morgan fingerprint density at radius 3 is 2.39 bits per heavy atom. The molecule has 1 aromatic heterocycles. The van der Waals surface area contributed by atoms with Crippen LogP contribution in [0.2, 0.25) is 0 Å². The lowest BCUT2D eigenvalue weighted by molar-refractivity contribution is 0.0994. The summed E-state index contributed by atoms with van der Waals surface area (Å²) in [6, 6.07) is 11.9. The largest absolute Gasteiger partial charge is 0.324 e. The Labute approximate surface area is 173 Å². The van der Waals surface area contributed by atoms with Crippen molar-refractivity contribution in [3.05, 3.63) is 48.2 Å². The molecule has 1 fully saturated rings. The Morgan fingerprint density at radius 2 is 1.64 bits per heavy atom. The van der Waals surface area contributed by atoms with Gasteiger partial charge in [-0.2, -0.15) is 0 Å². The molecule has 0 N–H and O–H groups in total. The van der Waals surface area contributed by atoms with Crippen molar-refractivity contribution in [2.45, 2.75) is 32.1 Å². The van der Waals surface area contributed by atoms with E-state index < -0.39 is 0 Å². The molecule has 5 nitrogen and oxygen atoms in total. The summed E-state index contributed by atoms with van der Waals surface area (Å²) in [5.41, 5.74) is 2.67. The van der Waals surface area contributed by atoms with Gasteiger partial charge in [-0.05, 0) is 63.2 Å². The second-order valence-electron chi connectivity index (χ2n) is 7.49. The molecule has 2 aliphatic heterocycles. The number of benzene rings is 1. The SMILES string of the molecule is CN1C(=O)c2cccnc2N(CCCN2CCCCCC2)c2ccccc21.Cl. The topological polar surface area (TPSA) is 39.7 Å². The van der Waals surface area contributed by atoms with Gasteiger partial charge >= 0.3 is 0 Å². The number of anilines is 3. The number of fused-ring (bicyclic) bond motifs is 2. The zero-order chi connectivity index (χ0) is 18.6. The number of halogens is 1. The van der Waals surface area contributed by atoms with Gasteiger partial charge in [0, 0.05) is 19.8 Å². The van der Waals surface area contributed by atoms with Gasteiger partial charge in [0.15, 0.2) is 0 Å². The molecule has 6 heteroatoms. The standard InChI is InChI=1S/C22H28N4O.ClH/c1-24-19-11-4-5-12-20(19)26(21-18(22(24)27)10-8-13-23-21)17-9-16-25-14-6-2-3-7-15-25;/h4-5,8,10-13H,2-3,6-7,9,14-17H2,1H3;1H. The molecule has 3 heterocycles. The minimum atomic E-state index is 0. The van der Waals surface area contributed by atoms with Crippen molar-refractivity contribution in [2.24, 2.45) is 0 Å². The number of aromatic nitrogens is 1. The predicted molar refractivity (Wildman–Crippen MR) is 117 cm³/mol. The minimum absolute atomic E-state index is 0. The van der Waals surface area contributed by atoms with E-state index in [1.54, 1.807) is 11.1 Å². The average molecular weight is 401 g/mol. The van der Waals surface area contributed by atoms with Crippen molar-refractivity contribution in [2.75, 3.05) is 43.0 Å². The lowest BCUT2D eigenvalue weighted by Crippen LogP contribution is -2.29. The van der Waals surface area contributed by atoms with Crippen LogP contribution in [-0.4, -0.2) is 49.0 Å². The predicted octanol–water partition coefficient (Wildman–Crippen LogP) is 4.50. The third-order valence-corrected chi connectivity index (χ3v) is 5.67. The van der Waals surface area contributed by atoms with Crippen molar-refractivity contribution in [1.82, 2.24) is 9.88 Å². The Kier molecular flexibility index (Phi) is 6.92. The van der Waals surface area contributed by atoms with Gasteiger partial charge in [-0.1, -0.05) is 25.0 Å². The molecule has 28 heavy (non-hydrogen) atoms. The molecule has 1 saturated heterocycles. The van der Waals surface area contributed by atoms with Crippen molar-refractivity contribution in [3.63, 3.8) is 0 Å². The molecule has 4 rings (SSSR count). The van der Waals surface area contributed by atoms with E-state index in [0.29, 0.717) is 5.56 Å². The number of carbonyl (C=O) groups excluding carboxylic acids is 1. The normalized spacial score (nSPS) is 17.2. The summed E-state index contributed by atoms with van der Waals surface area (Å²) in [5, 5.41) is 0. The van der Waals surface area contributed by atoms with Crippen LogP contribution in [0.1, 0.15) is 42.5 Å². The van der Waals surface area contributed by atoms with Crippen molar-refractivity contribution in [1.29, 1.82) is 0 Å². The van der Waals surface area contributed by atoms with Gasteiger partial charge in [-0.3, -0.25) is 4.79 Å². The van der Waals surface area contributed by atoms with Crippen molar-refractivity contribution < 1.29 is 4.79 Å². The lowest BCUT2D eigenvalue weighted by atomic mass is 10.2. The Balaban J connectivity index is 0.00000225. The summed E-state index contributed by atoms with van der Waals surface area (Å²) in [6.45, 7) is 4.39. The molecular formula is C22H29ClN4O. The van der Waals surface area contributed by atoms with E-state index in [2.05, 4.69) is 20.9 Å². The van der Waals surface area contributed by atoms with E-state index in [1.165, 1.54) is 38.8 Å². The Bertz CT molecular complexity index is 805. The fourth-order valence-electron chi connectivity index (χ4n) is 4.20. The number of rotatable bonds is 4. The summed E-state index contributed by atoms with van der Waals surface area (Å²) >= 11 is 0. The molecule has 0 unspecified atom stereocenters. The highest BCUT2D eigenvalue weighted by atomic mass is 35.5. The zero-order valence-electron chi connectivity index (χ0n) is 16.5. The highest BCUT2D eigenvalue weighted by Gasteiger charge is 2.29. The van der Waals surface area contributed by atoms with E-state index in [1.807, 2.05) is 37.4 Å². The van der Waals surface area contributed by atoms with Gasteiger partial charge < -0.3 is 14.7 Å². The molecular weight excluding hydrogens is 372 g/mol. The van der Waals surface area contributed by atoms with Crippen LogP contribution in [0.3, 0.4) is 0 Å². The first-order valence-electron chi connectivity index (χ1n) is 10.1. The highest BCUT2D eigenvalue weighted by molar-refractivity contribution is 6.12.